The number of likely N-dealkylation sites (N-methyl/N-ethyl adjacent to an activating group) is 1. The van der Waals surface area contributed by atoms with Gasteiger partial charge in [0.25, 0.3) is 0 Å². The van der Waals surface area contributed by atoms with Crippen LogP contribution in [-0.4, -0.2) is 37.5 Å². The van der Waals surface area contributed by atoms with E-state index in [1.54, 1.807) is 4.90 Å². The van der Waals surface area contributed by atoms with Crippen molar-refractivity contribution in [1.82, 2.24) is 10.2 Å². The molecule has 0 aromatic heterocycles. The Hall–Kier alpha value is -0.570. The third kappa shape index (κ3) is 2.57. The molecule has 3 nitrogen and oxygen atoms in total. The molecular weight excluding hydrogens is 200 g/mol. The minimum atomic E-state index is 0.214. The van der Waals surface area contributed by atoms with E-state index in [0.29, 0.717) is 6.54 Å². The molecule has 0 spiro atoms. The number of fused-ring (bicyclic) bond motifs is 2. The monoisotopic (exact) mass is 224 g/mol. The Balaban J connectivity index is 1.63. The second-order valence-electron chi connectivity index (χ2n) is 5.47. The predicted octanol–water partition coefficient (Wildman–Crippen LogP) is 1.49. The van der Waals surface area contributed by atoms with E-state index >= 15 is 0 Å². The summed E-state index contributed by atoms with van der Waals surface area (Å²) in [6.07, 6.45) is 5.74. The molecule has 0 aliphatic heterocycles. The highest BCUT2D eigenvalue weighted by Crippen LogP contribution is 2.47. The number of nitrogens with one attached hydrogen (secondary N) is 1. The van der Waals surface area contributed by atoms with Crippen molar-refractivity contribution in [1.29, 1.82) is 0 Å². The SMILES string of the molecule is CCN(C)C(=O)CNCC1CC2CCC1C2. The molecule has 0 radical (unpaired) electrons. The lowest BCUT2D eigenvalue weighted by Gasteiger charge is -2.22. The Morgan fingerprint density at radius 2 is 2.19 bits per heavy atom. The number of amides is 1. The fourth-order valence-corrected chi connectivity index (χ4v) is 3.30. The molecule has 1 N–H and O–H groups in total. The molecule has 2 bridgehead atoms. The van der Waals surface area contributed by atoms with Crippen molar-refractivity contribution in [2.24, 2.45) is 17.8 Å². The highest BCUT2D eigenvalue weighted by Gasteiger charge is 2.38. The average Bonchev–Trinajstić information content (AvgIpc) is 2.89. The Bertz CT molecular complexity index is 254. The number of hydrogen-bond acceptors (Lipinski definition) is 2. The topological polar surface area (TPSA) is 32.3 Å². The van der Waals surface area contributed by atoms with Crippen molar-refractivity contribution < 1.29 is 4.79 Å². The van der Waals surface area contributed by atoms with Crippen LogP contribution in [-0.2, 0) is 4.79 Å². The van der Waals surface area contributed by atoms with Crippen molar-refractivity contribution in [2.75, 3.05) is 26.7 Å². The zero-order chi connectivity index (χ0) is 11.5. The quantitative estimate of drug-likeness (QED) is 0.767. The minimum Gasteiger partial charge on any atom is -0.345 e. The number of carbonyl (C=O) groups is 1. The van der Waals surface area contributed by atoms with Crippen molar-refractivity contribution in [2.45, 2.75) is 32.6 Å². The molecule has 0 heterocycles. The van der Waals surface area contributed by atoms with Gasteiger partial charge < -0.3 is 10.2 Å². The first-order valence-electron chi connectivity index (χ1n) is 6.65. The van der Waals surface area contributed by atoms with E-state index in [0.717, 1.165) is 30.8 Å². The van der Waals surface area contributed by atoms with Gasteiger partial charge in [0.05, 0.1) is 6.54 Å². The first-order valence-corrected chi connectivity index (χ1v) is 6.65. The largest absolute Gasteiger partial charge is 0.345 e. The maximum Gasteiger partial charge on any atom is 0.236 e. The number of nitrogens with zero attached hydrogens (tertiary/aromatic N) is 1. The van der Waals surface area contributed by atoms with Crippen molar-refractivity contribution in [3.63, 3.8) is 0 Å². The third-order valence-corrected chi connectivity index (χ3v) is 4.47. The molecule has 2 rings (SSSR count). The van der Waals surface area contributed by atoms with Crippen molar-refractivity contribution in [3.05, 3.63) is 0 Å². The second-order valence-corrected chi connectivity index (χ2v) is 5.47. The maximum atomic E-state index is 11.6. The highest BCUT2D eigenvalue weighted by atomic mass is 16.2. The van der Waals surface area contributed by atoms with Gasteiger partial charge in [0.15, 0.2) is 0 Å². The first kappa shape index (κ1) is 11.9. The molecule has 1 amide bonds. The number of rotatable bonds is 5. The Labute approximate surface area is 98.6 Å². The summed E-state index contributed by atoms with van der Waals surface area (Å²) < 4.78 is 0. The van der Waals surface area contributed by atoms with E-state index in [2.05, 4.69) is 5.32 Å². The number of carbonyl (C=O) groups excluding carboxylic acids is 1. The van der Waals surface area contributed by atoms with Crippen LogP contribution < -0.4 is 5.32 Å². The van der Waals surface area contributed by atoms with Gasteiger partial charge in [-0.1, -0.05) is 6.42 Å². The van der Waals surface area contributed by atoms with Crippen LogP contribution in [0.2, 0.25) is 0 Å². The summed E-state index contributed by atoms with van der Waals surface area (Å²) in [5.41, 5.74) is 0. The predicted molar refractivity (Wildman–Crippen MR) is 65.1 cm³/mol. The van der Waals surface area contributed by atoms with Crippen LogP contribution in [0, 0.1) is 17.8 Å². The summed E-state index contributed by atoms with van der Waals surface area (Å²) in [5.74, 6) is 3.02. The van der Waals surface area contributed by atoms with Gasteiger partial charge in [0.2, 0.25) is 5.91 Å². The molecule has 92 valence electrons. The fraction of sp³-hybridized carbons (Fsp3) is 0.923. The minimum absolute atomic E-state index is 0.214. The Morgan fingerprint density at radius 1 is 1.38 bits per heavy atom. The molecule has 3 atom stereocenters. The molecule has 3 unspecified atom stereocenters. The zero-order valence-electron chi connectivity index (χ0n) is 10.5. The summed E-state index contributed by atoms with van der Waals surface area (Å²) in [5, 5.41) is 3.34. The van der Waals surface area contributed by atoms with E-state index in [9.17, 15) is 4.79 Å². The van der Waals surface area contributed by atoms with E-state index < -0.39 is 0 Å². The van der Waals surface area contributed by atoms with Crippen LogP contribution in [0.3, 0.4) is 0 Å². The van der Waals surface area contributed by atoms with Crippen LogP contribution >= 0.6 is 0 Å². The van der Waals surface area contributed by atoms with Crippen LogP contribution in [0.15, 0.2) is 0 Å². The van der Waals surface area contributed by atoms with Crippen molar-refractivity contribution in [3.8, 4) is 0 Å². The first-order chi connectivity index (χ1) is 7.70. The Morgan fingerprint density at radius 3 is 2.75 bits per heavy atom. The molecule has 3 heteroatoms. The van der Waals surface area contributed by atoms with Crippen LogP contribution in [0.5, 0.6) is 0 Å². The van der Waals surface area contributed by atoms with Gasteiger partial charge in [-0.2, -0.15) is 0 Å². The van der Waals surface area contributed by atoms with Gasteiger partial charge in [-0.15, -0.1) is 0 Å². The lowest BCUT2D eigenvalue weighted by atomic mass is 9.89. The molecule has 2 aliphatic rings. The van der Waals surface area contributed by atoms with E-state index in [1.807, 2.05) is 14.0 Å². The maximum absolute atomic E-state index is 11.6. The summed E-state index contributed by atoms with van der Waals surface area (Å²) in [4.78, 5) is 13.3. The van der Waals surface area contributed by atoms with E-state index in [1.165, 1.54) is 25.7 Å². The van der Waals surface area contributed by atoms with Gasteiger partial charge in [0.1, 0.15) is 0 Å². The highest BCUT2D eigenvalue weighted by molar-refractivity contribution is 5.77. The normalized spacial score (nSPS) is 32.0. The van der Waals surface area contributed by atoms with Crippen molar-refractivity contribution >= 4 is 5.91 Å². The standard InChI is InChI=1S/C13H24N2O/c1-3-15(2)13(16)9-14-8-12-7-10-4-5-11(12)6-10/h10-12,14H,3-9H2,1-2H3. The van der Waals surface area contributed by atoms with Gasteiger partial charge in [-0.05, 0) is 50.5 Å². The average molecular weight is 224 g/mol. The lowest BCUT2D eigenvalue weighted by Crippen LogP contribution is -2.37. The van der Waals surface area contributed by atoms with Gasteiger partial charge in [-0.3, -0.25) is 4.79 Å². The molecule has 2 saturated carbocycles. The molecule has 16 heavy (non-hydrogen) atoms. The molecule has 2 aliphatic carbocycles. The van der Waals surface area contributed by atoms with Crippen LogP contribution in [0.25, 0.3) is 0 Å². The molecule has 0 saturated heterocycles. The van der Waals surface area contributed by atoms with Gasteiger partial charge >= 0.3 is 0 Å². The summed E-state index contributed by atoms with van der Waals surface area (Å²) >= 11 is 0. The second kappa shape index (κ2) is 5.17. The van der Waals surface area contributed by atoms with Crippen LogP contribution in [0.1, 0.15) is 32.6 Å². The molecule has 0 aromatic carbocycles. The molecular formula is C13H24N2O. The smallest absolute Gasteiger partial charge is 0.236 e. The molecule has 2 fully saturated rings. The Kier molecular flexibility index (Phi) is 3.85. The zero-order valence-corrected chi connectivity index (χ0v) is 10.5. The summed E-state index contributed by atoms with van der Waals surface area (Å²) in [6.45, 7) is 4.37. The van der Waals surface area contributed by atoms with E-state index in [4.69, 9.17) is 0 Å². The van der Waals surface area contributed by atoms with E-state index in [-0.39, 0.29) is 5.91 Å². The number of hydrogen-bond donors (Lipinski definition) is 1. The van der Waals surface area contributed by atoms with Crippen LogP contribution in [0.4, 0.5) is 0 Å². The van der Waals surface area contributed by atoms with Gasteiger partial charge in [-0.25, -0.2) is 0 Å². The third-order valence-electron chi connectivity index (χ3n) is 4.47. The lowest BCUT2D eigenvalue weighted by molar-refractivity contribution is -0.128. The van der Waals surface area contributed by atoms with Gasteiger partial charge in [0, 0.05) is 13.6 Å². The fourth-order valence-electron chi connectivity index (χ4n) is 3.30. The summed E-state index contributed by atoms with van der Waals surface area (Å²) in [6, 6.07) is 0. The summed E-state index contributed by atoms with van der Waals surface area (Å²) in [7, 11) is 1.86. The molecule has 0 aromatic rings.